The van der Waals surface area contributed by atoms with Crippen molar-refractivity contribution in [3.05, 3.63) is 99.8 Å². The first-order chi connectivity index (χ1) is 14.9. The lowest BCUT2D eigenvalue weighted by Gasteiger charge is -2.17. The molecule has 0 aromatic heterocycles. The second-order valence-electron chi connectivity index (χ2n) is 6.83. The van der Waals surface area contributed by atoms with E-state index in [1.807, 2.05) is 6.92 Å². The van der Waals surface area contributed by atoms with Gasteiger partial charge in [0.15, 0.2) is 11.6 Å². The smallest absolute Gasteiger partial charge is 0.337 e. The molecule has 1 amide bonds. The van der Waals surface area contributed by atoms with E-state index >= 15 is 0 Å². The number of hydrogen-bond donors (Lipinski definition) is 1. The maximum atomic E-state index is 13.8. The van der Waals surface area contributed by atoms with Crippen LogP contribution in [0.5, 0.6) is 5.75 Å². The van der Waals surface area contributed by atoms with E-state index in [9.17, 15) is 14.0 Å². The van der Waals surface area contributed by atoms with Gasteiger partial charge >= 0.3 is 5.97 Å². The van der Waals surface area contributed by atoms with Gasteiger partial charge in [0.1, 0.15) is 6.61 Å². The minimum absolute atomic E-state index is 0.00304. The third-order valence-corrected chi connectivity index (χ3v) is 4.95. The van der Waals surface area contributed by atoms with E-state index in [0.717, 1.165) is 5.56 Å². The summed E-state index contributed by atoms with van der Waals surface area (Å²) in [5.74, 6) is -1.16. The Morgan fingerprint density at radius 3 is 2.45 bits per heavy atom. The normalized spacial score (nSPS) is 11.5. The fourth-order valence-corrected chi connectivity index (χ4v) is 3.16. The molecule has 31 heavy (non-hydrogen) atoms. The van der Waals surface area contributed by atoms with Crippen LogP contribution >= 0.6 is 11.6 Å². The Morgan fingerprint density at radius 1 is 1.06 bits per heavy atom. The van der Waals surface area contributed by atoms with Crippen LogP contribution in [0.2, 0.25) is 5.02 Å². The Labute approximate surface area is 184 Å². The van der Waals surface area contributed by atoms with Crippen molar-refractivity contribution < 1.29 is 23.5 Å². The van der Waals surface area contributed by atoms with Gasteiger partial charge in [-0.25, -0.2) is 9.18 Å². The summed E-state index contributed by atoms with van der Waals surface area (Å²) < 4.78 is 24.1. The van der Waals surface area contributed by atoms with Crippen molar-refractivity contribution in [1.82, 2.24) is 5.32 Å². The molecular formula is C24H21ClFNO4. The number of rotatable bonds is 7. The summed E-state index contributed by atoms with van der Waals surface area (Å²) in [6, 6.07) is 17.4. The number of esters is 1. The molecule has 0 aliphatic rings. The first-order valence-electron chi connectivity index (χ1n) is 9.54. The Hall–Kier alpha value is -3.38. The highest BCUT2D eigenvalue weighted by atomic mass is 35.5. The van der Waals surface area contributed by atoms with Gasteiger partial charge < -0.3 is 14.8 Å². The summed E-state index contributed by atoms with van der Waals surface area (Å²) in [6.07, 6.45) is 0. The van der Waals surface area contributed by atoms with Crippen LogP contribution in [0, 0.1) is 5.82 Å². The first kappa shape index (κ1) is 22.3. The zero-order valence-corrected chi connectivity index (χ0v) is 17.8. The van der Waals surface area contributed by atoms with E-state index in [2.05, 4.69) is 10.1 Å². The molecular weight excluding hydrogens is 421 g/mol. The Morgan fingerprint density at radius 2 is 1.77 bits per heavy atom. The highest BCUT2D eigenvalue weighted by Crippen LogP contribution is 2.22. The molecule has 1 atom stereocenters. The predicted octanol–water partition coefficient (Wildman–Crippen LogP) is 5.34. The molecule has 1 N–H and O–H groups in total. The summed E-state index contributed by atoms with van der Waals surface area (Å²) in [4.78, 5) is 24.5. The Bertz CT molecular complexity index is 1090. The molecule has 7 heteroatoms. The number of carbonyl (C=O) groups is 2. The van der Waals surface area contributed by atoms with Crippen LogP contribution < -0.4 is 10.1 Å². The number of methoxy groups -OCH3 is 1. The van der Waals surface area contributed by atoms with E-state index in [1.54, 1.807) is 54.6 Å². The van der Waals surface area contributed by atoms with Gasteiger partial charge in [-0.1, -0.05) is 41.9 Å². The summed E-state index contributed by atoms with van der Waals surface area (Å²) in [5.41, 5.74) is 2.14. The second-order valence-corrected chi connectivity index (χ2v) is 7.27. The van der Waals surface area contributed by atoms with Crippen molar-refractivity contribution in [1.29, 1.82) is 0 Å². The molecule has 160 valence electrons. The summed E-state index contributed by atoms with van der Waals surface area (Å²) in [7, 11) is 1.32. The number of carbonyl (C=O) groups excluding carboxylic acids is 2. The van der Waals surface area contributed by atoms with E-state index in [4.69, 9.17) is 16.3 Å². The molecule has 0 heterocycles. The zero-order chi connectivity index (χ0) is 22.4. The molecule has 0 radical (unpaired) electrons. The molecule has 0 saturated heterocycles. The summed E-state index contributed by atoms with van der Waals surface area (Å²) in [5, 5.41) is 3.31. The standard InChI is InChI=1S/C24H21ClFNO4/c1-15(16-7-9-17(10-8-16)24(29)30-2)27-23(28)20-13-19(25)12-11-18(20)14-31-22-6-4-3-5-21(22)26/h3-13,15H,14H2,1-2H3,(H,27,28)/t15-/m0/s1. The van der Waals surface area contributed by atoms with Crippen molar-refractivity contribution in [2.45, 2.75) is 19.6 Å². The molecule has 3 aromatic rings. The van der Waals surface area contributed by atoms with Crippen LogP contribution in [-0.4, -0.2) is 19.0 Å². The van der Waals surface area contributed by atoms with Crippen molar-refractivity contribution in [3.63, 3.8) is 0 Å². The lowest BCUT2D eigenvalue weighted by molar-refractivity contribution is 0.0600. The zero-order valence-electron chi connectivity index (χ0n) is 17.0. The first-order valence-corrected chi connectivity index (χ1v) is 9.91. The molecule has 3 aromatic carbocycles. The van der Waals surface area contributed by atoms with Gasteiger partial charge in [0.05, 0.1) is 18.7 Å². The number of para-hydroxylation sites is 1. The van der Waals surface area contributed by atoms with Gasteiger partial charge in [0, 0.05) is 16.1 Å². The lowest BCUT2D eigenvalue weighted by atomic mass is 10.0. The van der Waals surface area contributed by atoms with Crippen molar-refractivity contribution in [2.75, 3.05) is 7.11 Å². The number of amides is 1. The van der Waals surface area contributed by atoms with Gasteiger partial charge in [-0.3, -0.25) is 4.79 Å². The predicted molar refractivity (Wildman–Crippen MR) is 116 cm³/mol. The highest BCUT2D eigenvalue weighted by molar-refractivity contribution is 6.31. The van der Waals surface area contributed by atoms with Crippen molar-refractivity contribution >= 4 is 23.5 Å². The van der Waals surface area contributed by atoms with Crippen molar-refractivity contribution in [2.24, 2.45) is 0 Å². The average Bonchev–Trinajstić information content (AvgIpc) is 2.78. The van der Waals surface area contributed by atoms with Gasteiger partial charge in [-0.2, -0.15) is 0 Å². The van der Waals surface area contributed by atoms with E-state index in [1.165, 1.54) is 19.2 Å². The van der Waals surface area contributed by atoms with Crippen molar-refractivity contribution in [3.8, 4) is 5.75 Å². The molecule has 0 saturated carbocycles. The third-order valence-electron chi connectivity index (χ3n) is 4.72. The Balaban J connectivity index is 1.74. The molecule has 0 aliphatic heterocycles. The maximum Gasteiger partial charge on any atom is 0.337 e. The summed E-state index contributed by atoms with van der Waals surface area (Å²) in [6.45, 7) is 1.83. The number of benzene rings is 3. The fraction of sp³-hybridized carbons (Fsp3) is 0.167. The largest absolute Gasteiger partial charge is 0.486 e. The minimum Gasteiger partial charge on any atom is -0.486 e. The van der Waals surface area contributed by atoms with Gasteiger partial charge in [-0.05, 0) is 48.9 Å². The second kappa shape index (κ2) is 10.1. The third kappa shape index (κ3) is 5.61. The van der Waals surface area contributed by atoms with Gasteiger partial charge in [-0.15, -0.1) is 0 Å². The highest BCUT2D eigenvalue weighted by Gasteiger charge is 2.17. The quantitative estimate of drug-likeness (QED) is 0.503. The van der Waals surface area contributed by atoms with Crippen LogP contribution in [0.4, 0.5) is 4.39 Å². The molecule has 0 aliphatic carbocycles. The maximum absolute atomic E-state index is 13.8. The van der Waals surface area contributed by atoms with Crippen LogP contribution in [0.1, 0.15) is 44.8 Å². The van der Waals surface area contributed by atoms with Crippen LogP contribution in [0.15, 0.2) is 66.7 Å². The number of ether oxygens (including phenoxy) is 2. The molecule has 0 fully saturated rings. The number of halogens is 2. The number of hydrogen-bond acceptors (Lipinski definition) is 4. The van der Waals surface area contributed by atoms with Gasteiger partial charge in [0.25, 0.3) is 5.91 Å². The molecule has 0 bridgehead atoms. The van der Waals surface area contributed by atoms with E-state index in [-0.39, 0.29) is 24.3 Å². The SMILES string of the molecule is COC(=O)c1ccc([C@H](C)NC(=O)c2cc(Cl)ccc2COc2ccccc2F)cc1. The molecule has 0 unspecified atom stereocenters. The van der Waals surface area contributed by atoms with E-state index in [0.29, 0.717) is 21.7 Å². The molecule has 5 nitrogen and oxygen atoms in total. The lowest BCUT2D eigenvalue weighted by Crippen LogP contribution is -2.28. The molecule has 0 spiro atoms. The van der Waals surface area contributed by atoms with E-state index < -0.39 is 11.8 Å². The monoisotopic (exact) mass is 441 g/mol. The molecule has 3 rings (SSSR count). The van der Waals surface area contributed by atoms with Gasteiger partial charge in [0.2, 0.25) is 0 Å². The average molecular weight is 442 g/mol. The minimum atomic E-state index is -0.480. The van der Waals surface area contributed by atoms with Crippen LogP contribution in [-0.2, 0) is 11.3 Å². The fourth-order valence-electron chi connectivity index (χ4n) is 2.99. The summed E-state index contributed by atoms with van der Waals surface area (Å²) >= 11 is 6.09. The van der Waals surface area contributed by atoms with Crippen LogP contribution in [0.3, 0.4) is 0 Å². The Kier molecular flexibility index (Phi) is 7.26. The topological polar surface area (TPSA) is 64.6 Å². The van der Waals surface area contributed by atoms with Crippen LogP contribution in [0.25, 0.3) is 0 Å². The number of nitrogens with one attached hydrogen (secondary N) is 1.